The van der Waals surface area contributed by atoms with Gasteiger partial charge in [-0.1, -0.05) is 6.07 Å². The molecule has 0 amide bonds. The van der Waals surface area contributed by atoms with Gasteiger partial charge in [-0.25, -0.2) is 13.9 Å². The van der Waals surface area contributed by atoms with Crippen molar-refractivity contribution in [3.8, 4) is 5.69 Å². The molecule has 0 aliphatic rings. The first-order valence-electron chi connectivity index (χ1n) is 5.06. The Morgan fingerprint density at radius 3 is 2.65 bits per heavy atom. The van der Waals surface area contributed by atoms with Gasteiger partial charge in [-0.05, 0) is 32.0 Å². The van der Waals surface area contributed by atoms with Gasteiger partial charge in [-0.3, -0.25) is 0 Å². The number of para-hydroxylation sites is 1. The summed E-state index contributed by atoms with van der Waals surface area (Å²) >= 11 is 0. The number of hydrogen-bond acceptors (Lipinski definition) is 2. The molecular weight excluding hydrogens is 223 g/mol. The van der Waals surface area contributed by atoms with Gasteiger partial charge in [0.05, 0.1) is 11.3 Å². The standard InChI is InChI=1S/C12H11FN2O2/c1-7-6-8(2)15(14-7)11-9(12(16)17)4-3-5-10(11)13/h3-6H,1-2H3,(H,16,17). The van der Waals surface area contributed by atoms with Crippen LogP contribution in [0.2, 0.25) is 0 Å². The van der Waals surface area contributed by atoms with Gasteiger partial charge in [0, 0.05) is 5.69 Å². The van der Waals surface area contributed by atoms with E-state index in [9.17, 15) is 9.18 Å². The summed E-state index contributed by atoms with van der Waals surface area (Å²) in [5.41, 5.74) is 1.28. The molecule has 5 heteroatoms. The highest BCUT2D eigenvalue weighted by atomic mass is 19.1. The van der Waals surface area contributed by atoms with Crippen molar-refractivity contribution in [3.05, 3.63) is 47.0 Å². The number of benzene rings is 1. The molecule has 0 unspecified atom stereocenters. The zero-order valence-electron chi connectivity index (χ0n) is 9.44. The van der Waals surface area contributed by atoms with Crippen LogP contribution >= 0.6 is 0 Å². The molecule has 0 radical (unpaired) electrons. The van der Waals surface area contributed by atoms with E-state index >= 15 is 0 Å². The van der Waals surface area contributed by atoms with Gasteiger partial charge in [0.25, 0.3) is 0 Å². The summed E-state index contributed by atoms with van der Waals surface area (Å²) in [4.78, 5) is 11.1. The number of halogens is 1. The fourth-order valence-corrected chi connectivity index (χ4v) is 1.76. The van der Waals surface area contributed by atoms with E-state index in [4.69, 9.17) is 5.11 Å². The van der Waals surface area contributed by atoms with Crippen LogP contribution in [0.1, 0.15) is 21.7 Å². The molecule has 1 heterocycles. The molecule has 0 aliphatic carbocycles. The first-order valence-corrected chi connectivity index (χ1v) is 5.06. The molecule has 88 valence electrons. The number of carboxylic acid groups (broad SMARTS) is 1. The average Bonchev–Trinajstić information content (AvgIpc) is 2.57. The largest absolute Gasteiger partial charge is 0.478 e. The molecule has 0 fully saturated rings. The van der Waals surface area contributed by atoms with Crippen molar-refractivity contribution in [2.75, 3.05) is 0 Å². The third-order valence-electron chi connectivity index (χ3n) is 2.44. The third-order valence-corrected chi connectivity index (χ3v) is 2.44. The molecule has 17 heavy (non-hydrogen) atoms. The number of hydrogen-bond donors (Lipinski definition) is 1. The summed E-state index contributed by atoms with van der Waals surface area (Å²) in [7, 11) is 0. The van der Waals surface area contributed by atoms with Crippen LogP contribution < -0.4 is 0 Å². The van der Waals surface area contributed by atoms with E-state index in [0.29, 0.717) is 11.4 Å². The molecule has 2 rings (SSSR count). The molecule has 2 aromatic rings. The van der Waals surface area contributed by atoms with Crippen LogP contribution in [0.4, 0.5) is 4.39 Å². The Hall–Kier alpha value is -2.17. The van der Waals surface area contributed by atoms with Gasteiger partial charge >= 0.3 is 5.97 Å². The molecule has 0 saturated heterocycles. The van der Waals surface area contributed by atoms with E-state index in [2.05, 4.69) is 5.10 Å². The van der Waals surface area contributed by atoms with Crippen LogP contribution in [0, 0.1) is 19.7 Å². The molecule has 1 N–H and O–H groups in total. The number of carbonyl (C=O) groups is 1. The van der Waals surface area contributed by atoms with Gasteiger partial charge in [-0.2, -0.15) is 5.10 Å². The lowest BCUT2D eigenvalue weighted by Gasteiger charge is -2.09. The highest BCUT2D eigenvalue weighted by molar-refractivity contribution is 5.92. The second-order valence-electron chi connectivity index (χ2n) is 3.78. The quantitative estimate of drug-likeness (QED) is 0.867. The van der Waals surface area contributed by atoms with Crippen LogP contribution in [0.25, 0.3) is 5.69 Å². The van der Waals surface area contributed by atoms with E-state index in [0.717, 1.165) is 0 Å². The molecule has 0 aliphatic heterocycles. The van der Waals surface area contributed by atoms with Gasteiger partial charge in [-0.15, -0.1) is 0 Å². The molecule has 4 nitrogen and oxygen atoms in total. The van der Waals surface area contributed by atoms with Gasteiger partial charge < -0.3 is 5.11 Å². The Labute approximate surface area is 97.3 Å². The van der Waals surface area contributed by atoms with Crippen molar-refractivity contribution in [1.29, 1.82) is 0 Å². The fourth-order valence-electron chi connectivity index (χ4n) is 1.76. The van der Waals surface area contributed by atoms with Crippen molar-refractivity contribution in [3.63, 3.8) is 0 Å². The van der Waals surface area contributed by atoms with E-state index in [1.165, 1.54) is 22.9 Å². The fraction of sp³-hybridized carbons (Fsp3) is 0.167. The van der Waals surface area contributed by atoms with Gasteiger partial charge in [0.2, 0.25) is 0 Å². The van der Waals surface area contributed by atoms with Crippen LogP contribution in [0.3, 0.4) is 0 Å². The molecule has 1 aromatic carbocycles. The monoisotopic (exact) mass is 234 g/mol. The minimum atomic E-state index is -1.17. The predicted octanol–water partition coefficient (Wildman–Crippen LogP) is 2.33. The Kier molecular flexibility index (Phi) is 2.67. The smallest absolute Gasteiger partial charge is 0.338 e. The van der Waals surface area contributed by atoms with E-state index in [1.807, 2.05) is 0 Å². The summed E-state index contributed by atoms with van der Waals surface area (Å²) in [5, 5.41) is 13.1. The molecule has 1 aromatic heterocycles. The molecule has 0 atom stereocenters. The Bertz CT molecular complexity index is 590. The second-order valence-corrected chi connectivity index (χ2v) is 3.78. The normalized spacial score (nSPS) is 10.5. The third kappa shape index (κ3) is 1.91. The lowest BCUT2D eigenvalue weighted by molar-refractivity contribution is 0.0696. The number of aromatic nitrogens is 2. The molecule has 0 bridgehead atoms. The van der Waals surface area contributed by atoms with Crippen LogP contribution in [-0.4, -0.2) is 20.9 Å². The summed E-state index contributed by atoms with van der Waals surface area (Å²) in [6.45, 7) is 3.52. The summed E-state index contributed by atoms with van der Waals surface area (Å²) < 4.78 is 15.1. The molecule has 0 saturated carbocycles. The number of nitrogens with zero attached hydrogens (tertiary/aromatic N) is 2. The SMILES string of the molecule is Cc1cc(C)n(-c2c(F)cccc2C(=O)O)n1. The van der Waals surface area contributed by atoms with Gasteiger partial charge in [0.1, 0.15) is 11.5 Å². The number of rotatable bonds is 2. The van der Waals surface area contributed by atoms with Crippen molar-refractivity contribution in [2.45, 2.75) is 13.8 Å². The summed E-state index contributed by atoms with van der Waals surface area (Å²) in [5.74, 6) is -1.77. The zero-order chi connectivity index (χ0) is 12.6. The first-order chi connectivity index (χ1) is 8.00. The Balaban J connectivity index is 2.74. The van der Waals surface area contributed by atoms with Crippen LogP contribution in [0.15, 0.2) is 24.3 Å². The Morgan fingerprint density at radius 2 is 2.12 bits per heavy atom. The number of aromatic carboxylic acids is 1. The summed E-state index contributed by atoms with van der Waals surface area (Å²) in [6.07, 6.45) is 0. The highest BCUT2D eigenvalue weighted by Gasteiger charge is 2.18. The van der Waals surface area contributed by atoms with E-state index in [-0.39, 0.29) is 11.3 Å². The highest BCUT2D eigenvalue weighted by Crippen LogP contribution is 2.20. The van der Waals surface area contributed by atoms with Crippen molar-refractivity contribution < 1.29 is 14.3 Å². The lowest BCUT2D eigenvalue weighted by Crippen LogP contribution is -2.10. The van der Waals surface area contributed by atoms with E-state index in [1.54, 1.807) is 19.9 Å². The lowest BCUT2D eigenvalue weighted by atomic mass is 10.1. The van der Waals surface area contributed by atoms with Crippen LogP contribution in [0.5, 0.6) is 0 Å². The minimum absolute atomic E-state index is 0.0226. The maximum absolute atomic E-state index is 13.8. The topological polar surface area (TPSA) is 55.1 Å². The maximum atomic E-state index is 13.8. The van der Waals surface area contributed by atoms with Crippen molar-refractivity contribution >= 4 is 5.97 Å². The number of carboxylic acids is 1. The zero-order valence-corrected chi connectivity index (χ0v) is 9.44. The maximum Gasteiger partial charge on any atom is 0.338 e. The van der Waals surface area contributed by atoms with Crippen molar-refractivity contribution in [2.24, 2.45) is 0 Å². The van der Waals surface area contributed by atoms with E-state index < -0.39 is 11.8 Å². The second kappa shape index (κ2) is 4.01. The van der Waals surface area contributed by atoms with Crippen molar-refractivity contribution in [1.82, 2.24) is 9.78 Å². The average molecular weight is 234 g/mol. The molecular formula is C12H11FN2O2. The Morgan fingerprint density at radius 1 is 1.41 bits per heavy atom. The first kappa shape index (κ1) is 11.3. The predicted molar refractivity (Wildman–Crippen MR) is 60.0 cm³/mol. The summed E-state index contributed by atoms with van der Waals surface area (Å²) in [6, 6.07) is 5.71. The van der Waals surface area contributed by atoms with Gasteiger partial charge in [0.15, 0.2) is 0 Å². The minimum Gasteiger partial charge on any atom is -0.478 e. The number of aryl methyl sites for hydroxylation is 2. The van der Waals surface area contributed by atoms with Crippen LogP contribution in [-0.2, 0) is 0 Å². The molecule has 0 spiro atoms.